The first-order chi connectivity index (χ1) is 11.1. The number of hydrogen-bond donors (Lipinski definition) is 3. The molecule has 6 heteroatoms. The number of nitrogens with one attached hydrogen (secondary N) is 3. The normalized spacial score (nSPS) is 11.3. The number of pyridine rings is 1. The lowest BCUT2D eigenvalue weighted by Gasteiger charge is -2.13. The van der Waals surface area contributed by atoms with Crippen molar-refractivity contribution in [1.82, 2.24) is 15.6 Å². The monoisotopic (exact) mass is 312 g/mol. The Labute approximate surface area is 135 Å². The summed E-state index contributed by atoms with van der Waals surface area (Å²) in [6.07, 6.45) is 1.90. The second-order valence-electron chi connectivity index (χ2n) is 5.04. The van der Waals surface area contributed by atoms with Crippen LogP contribution in [0.25, 0.3) is 0 Å². The Bertz CT molecular complexity index is 632. The van der Waals surface area contributed by atoms with Gasteiger partial charge in [-0.15, -0.1) is 0 Å². The van der Waals surface area contributed by atoms with Crippen molar-refractivity contribution >= 4 is 17.6 Å². The van der Waals surface area contributed by atoms with Gasteiger partial charge in [0, 0.05) is 24.8 Å². The average molecular weight is 312 g/mol. The molecule has 0 bridgehead atoms. The van der Waals surface area contributed by atoms with Gasteiger partial charge >= 0.3 is 6.03 Å². The van der Waals surface area contributed by atoms with Crippen LogP contribution in [0.1, 0.15) is 25.1 Å². The topological polar surface area (TPSA) is 83.1 Å². The summed E-state index contributed by atoms with van der Waals surface area (Å²) in [5.74, 6) is -0.136. The molecule has 0 aliphatic heterocycles. The molecule has 2 aromatic rings. The Morgan fingerprint density at radius 2 is 1.83 bits per heavy atom. The highest BCUT2D eigenvalue weighted by Gasteiger charge is 2.10. The highest BCUT2D eigenvalue weighted by Crippen LogP contribution is 2.07. The first kappa shape index (κ1) is 16.5. The Hall–Kier alpha value is -2.89. The van der Waals surface area contributed by atoms with Crippen molar-refractivity contribution in [2.75, 3.05) is 11.9 Å². The Morgan fingerprint density at radius 1 is 1.09 bits per heavy atom. The molecule has 0 fully saturated rings. The van der Waals surface area contributed by atoms with E-state index >= 15 is 0 Å². The van der Waals surface area contributed by atoms with Crippen molar-refractivity contribution in [1.29, 1.82) is 0 Å². The van der Waals surface area contributed by atoms with Crippen molar-refractivity contribution in [2.24, 2.45) is 0 Å². The molecule has 3 amide bonds. The number of carbonyl (C=O) groups is 2. The fourth-order valence-electron chi connectivity index (χ4n) is 2.01. The third-order valence-electron chi connectivity index (χ3n) is 3.18. The molecule has 3 N–H and O–H groups in total. The van der Waals surface area contributed by atoms with Gasteiger partial charge in [0.2, 0.25) is 5.91 Å². The molecule has 1 heterocycles. The number of anilines is 1. The standard InChI is InChI=1S/C17H20N4O2/c1-13(15-9-5-6-11-18-15)20-16(22)10-12-19-17(23)21-14-7-3-2-4-8-14/h2-9,11,13H,10,12H2,1H3,(H,20,22)(H2,19,21,23)/t13-/m1/s1. The summed E-state index contributed by atoms with van der Waals surface area (Å²) in [5, 5.41) is 8.19. The lowest BCUT2D eigenvalue weighted by atomic mass is 10.2. The molecule has 0 aliphatic carbocycles. The molecule has 23 heavy (non-hydrogen) atoms. The van der Waals surface area contributed by atoms with Gasteiger partial charge in [-0.25, -0.2) is 4.79 Å². The van der Waals surface area contributed by atoms with E-state index in [2.05, 4.69) is 20.9 Å². The fourth-order valence-corrected chi connectivity index (χ4v) is 2.01. The first-order valence-electron chi connectivity index (χ1n) is 7.45. The summed E-state index contributed by atoms with van der Waals surface area (Å²) in [5.41, 5.74) is 1.51. The number of para-hydroxylation sites is 1. The maximum atomic E-state index is 11.9. The number of rotatable bonds is 6. The molecule has 6 nitrogen and oxygen atoms in total. The summed E-state index contributed by atoms with van der Waals surface area (Å²) >= 11 is 0. The molecule has 0 unspecified atom stereocenters. The number of urea groups is 1. The molecule has 1 atom stereocenters. The minimum atomic E-state index is -0.332. The van der Waals surface area contributed by atoms with E-state index < -0.39 is 0 Å². The van der Waals surface area contributed by atoms with Crippen LogP contribution in [0.2, 0.25) is 0 Å². The van der Waals surface area contributed by atoms with Crippen molar-refractivity contribution < 1.29 is 9.59 Å². The van der Waals surface area contributed by atoms with Crippen LogP contribution in [0.5, 0.6) is 0 Å². The molecule has 1 aromatic heterocycles. The van der Waals surface area contributed by atoms with Gasteiger partial charge in [0.1, 0.15) is 0 Å². The zero-order chi connectivity index (χ0) is 16.5. The Balaban J connectivity index is 1.67. The summed E-state index contributed by atoms with van der Waals surface area (Å²) < 4.78 is 0. The molecule has 1 aromatic carbocycles. The predicted octanol–water partition coefficient (Wildman–Crippen LogP) is 2.47. The summed E-state index contributed by atoms with van der Waals surface area (Å²) in [6, 6.07) is 14.2. The van der Waals surface area contributed by atoms with Gasteiger partial charge in [0.15, 0.2) is 0 Å². The Morgan fingerprint density at radius 3 is 2.52 bits per heavy atom. The lowest BCUT2D eigenvalue weighted by molar-refractivity contribution is -0.121. The van der Waals surface area contributed by atoms with Crippen LogP contribution < -0.4 is 16.0 Å². The van der Waals surface area contributed by atoms with E-state index in [9.17, 15) is 9.59 Å². The second kappa shape index (κ2) is 8.53. The van der Waals surface area contributed by atoms with Gasteiger partial charge in [-0.2, -0.15) is 0 Å². The molecular weight excluding hydrogens is 292 g/mol. The number of carbonyl (C=O) groups excluding carboxylic acids is 2. The Kier molecular flexibility index (Phi) is 6.11. The van der Waals surface area contributed by atoms with Gasteiger partial charge in [0.25, 0.3) is 0 Å². The van der Waals surface area contributed by atoms with Gasteiger partial charge in [-0.05, 0) is 31.2 Å². The van der Waals surface area contributed by atoms with Gasteiger partial charge < -0.3 is 16.0 Å². The second-order valence-corrected chi connectivity index (χ2v) is 5.04. The highest BCUT2D eigenvalue weighted by molar-refractivity contribution is 5.89. The van der Waals surface area contributed by atoms with E-state index in [1.165, 1.54) is 0 Å². The zero-order valence-corrected chi connectivity index (χ0v) is 13.0. The largest absolute Gasteiger partial charge is 0.348 e. The maximum Gasteiger partial charge on any atom is 0.319 e. The molecule has 0 aliphatic rings. The number of aromatic nitrogens is 1. The van der Waals surface area contributed by atoms with Gasteiger partial charge in [-0.3, -0.25) is 9.78 Å². The number of hydrogen-bond acceptors (Lipinski definition) is 3. The molecule has 0 radical (unpaired) electrons. The van der Waals surface area contributed by atoms with Crippen LogP contribution in [-0.4, -0.2) is 23.5 Å². The minimum absolute atomic E-state index is 0.136. The van der Waals surface area contributed by atoms with Crippen LogP contribution in [0.3, 0.4) is 0 Å². The van der Waals surface area contributed by atoms with Gasteiger partial charge in [0.05, 0.1) is 11.7 Å². The third kappa shape index (κ3) is 5.78. The number of benzene rings is 1. The first-order valence-corrected chi connectivity index (χ1v) is 7.45. The third-order valence-corrected chi connectivity index (χ3v) is 3.18. The SMILES string of the molecule is C[C@@H](NC(=O)CCNC(=O)Nc1ccccc1)c1ccccn1. The van der Waals surface area contributed by atoms with E-state index in [0.717, 1.165) is 5.69 Å². The molecule has 0 saturated carbocycles. The van der Waals surface area contributed by atoms with Crippen LogP contribution in [0.15, 0.2) is 54.7 Å². The molecule has 120 valence electrons. The van der Waals surface area contributed by atoms with E-state index in [1.54, 1.807) is 18.3 Å². The van der Waals surface area contributed by atoms with E-state index in [1.807, 2.05) is 43.3 Å². The van der Waals surface area contributed by atoms with Crippen molar-refractivity contribution in [3.63, 3.8) is 0 Å². The van der Waals surface area contributed by atoms with Crippen LogP contribution in [-0.2, 0) is 4.79 Å². The zero-order valence-electron chi connectivity index (χ0n) is 13.0. The van der Waals surface area contributed by atoms with Crippen LogP contribution in [0, 0.1) is 0 Å². The summed E-state index contributed by atoms with van der Waals surface area (Å²) in [4.78, 5) is 27.7. The minimum Gasteiger partial charge on any atom is -0.348 e. The van der Waals surface area contributed by atoms with Crippen molar-refractivity contribution in [3.8, 4) is 0 Å². The maximum absolute atomic E-state index is 11.9. The molecule has 2 rings (SSSR count). The van der Waals surface area contributed by atoms with Crippen LogP contribution >= 0.6 is 0 Å². The van der Waals surface area contributed by atoms with Gasteiger partial charge in [-0.1, -0.05) is 24.3 Å². The molecule has 0 saturated heterocycles. The number of amides is 3. The van der Waals surface area contributed by atoms with Crippen molar-refractivity contribution in [3.05, 3.63) is 60.4 Å². The van der Waals surface area contributed by atoms with Crippen LogP contribution in [0.4, 0.5) is 10.5 Å². The predicted molar refractivity (Wildman–Crippen MR) is 88.9 cm³/mol. The highest BCUT2D eigenvalue weighted by atomic mass is 16.2. The average Bonchev–Trinajstić information content (AvgIpc) is 2.56. The van der Waals surface area contributed by atoms with E-state index in [0.29, 0.717) is 5.69 Å². The summed E-state index contributed by atoms with van der Waals surface area (Å²) in [7, 11) is 0. The fraction of sp³-hybridized carbons (Fsp3) is 0.235. The van der Waals surface area contributed by atoms with E-state index in [4.69, 9.17) is 0 Å². The quantitative estimate of drug-likeness (QED) is 0.766. The van der Waals surface area contributed by atoms with E-state index in [-0.39, 0.29) is 30.9 Å². The lowest BCUT2D eigenvalue weighted by Crippen LogP contribution is -2.34. The summed E-state index contributed by atoms with van der Waals surface area (Å²) in [6.45, 7) is 2.13. The molecular formula is C17H20N4O2. The molecule has 0 spiro atoms. The van der Waals surface area contributed by atoms with Crippen molar-refractivity contribution in [2.45, 2.75) is 19.4 Å². The number of nitrogens with zero attached hydrogens (tertiary/aromatic N) is 1. The smallest absolute Gasteiger partial charge is 0.319 e.